The zero-order valence-electron chi connectivity index (χ0n) is 13.9. The number of benzene rings is 1. The van der Waals surface area contributed by atoms with Crippen molar-refractivity contribution in [1.82, 2.24) is 15.2 Å². The number of nitro groups is 1. The van der Waals surface area contributed by atoms with Crippen LogP contribution in [0.5, 0.6) is 0 Å². The van der Waals surface area contributed by atoms with Crippen molar-refractivity contribution in [2.24, 2.45) is 0 Å². The van der Waals surface area contributed by atoms with Crippen LogP contribution in [0.4, 0.5) is 5.69 Å². The van der Waals surface area contributed by atoms with E-state index in [0.29, 0.717) is 23.3 Å². The first kappa shape index (κ1) is 21.4. The number of non-ortho nitro benzene ring substituents is 1. The maximum absolute atomic E-state index is 10.8. The Labute approximate surface area is 158 Å². The molecule has 0 amide bonds. The molecule has 1 saturated heterocycles. The zero-order chi connectivity index (χ0) is 16.2. The molecule has 25 heavy (non-hydrogen) atoms. The van der Waals surface area contributed by atoms with Gasteiger partial charge in [0.05, 0.1) is 11.1 Å². The Morgan fingerprint density at radius 1 is 1.44 bits per heavy atom. The van der Waals surface area contributed by atoms with E-state index in [2.05, 4.69) is 22.1 Å². The Morgan fingerprint density at radius 3 is 2.96 bits per heavy atom. The first-order chi connectivity index (χ1) is 11.1. The Hall–Kier alpha value is -1.67. The number of aromatic nitrogens is 1. The van der Waals surface area contributed by atoms with E-state index in [9.17, 15) is 10.1 Å². The number of nitro benzene ring substituents is 1. The highest BCUT2D eigenvalue weighted by molar-refractivity contribution is 5.85. The van der Waals surface area contributed by atoms with Gasteiger partial charge in [0.2, 0.25) is 0 Å². The van der Waals surface area contributed by atoms with Crippen LogP contribution < -0.4 is 5.32 Å². The van der Waals surface area contributed by atoms with Crippen LogP contribution in [-0.2, 0) is 6.42 Å². The van der Waals surface area contributed by atoms with Crippen LogP contribution in [0.3, 0.4) is 0 Å². The van der Waals surface area contributed by atoms with Gasteiger partial charge in [-0.1, -0.05) is 12.1 Å². The van der Waals surface area contributed by atoms with E-state index >= 15 is 0 Å². The van der Waals surface area contributed by atoms with Crippen LogP contribution >= 0.6 is 24.8 Å². The summed E-state index contributed by atoms with van der Waals surface area (Å²) >= 11 is 0. The second kappa shape index (κ2) is 9.72. The van der Waals surface area contributed by atoms with Crippen molar-refractivity contribution in [3.8, 4) is 11.3 Å². The number of piperazine rings is 1. The third-order valence-corrected chi connectivity index (χ3v) is 4.15. The smallest absolute Gasteiger partial charge is 0.270 e. The van der Waals surface area contributed by atoms with Crippen LogP contribution in [-0.4, -0.2) is 47.0 Å². The molecule has 0 radical (unpaired) electrons. The van der Waals surface area contributed by atoms with E-state index in [0.717, 1.165) is 32.6 Å². The van der Waals surface area contributed by atoms with E-state index in [-0.39, 0.29) is 30.5 Å². The molecule has 9 heteroatoms. The Kier molecular flexibility index (Phi) is 8.31. The van der Waals surface area contributed by atoms with Gasteiger partial charge in [-0.2, -0.15) is 0 Å². The van der Waals surface area contributed by atoms with Gasteiger partial charge in [0.15, 0.2) is 11.7 Å². The number of nitrogens with zero attached hydrogens (tertiary/aromatic N) is 3. The zero-order valence-corrected chi connectivity index (χ0v) is 15.5. The van der Waals surface area contributed by atoms with Crippen molar-refractivity contribution in [3.05, 3.63) is 46.5 Å². The molecule has 1 N–H and O–H groups in total. The van der Waals surface area contributed by atoms with Gasteiger partial charge >= 0.3 is 0 Å². The number of nitrogens with one attached hydrogen (secondary N) is 1. The summed E-state index contributed by atoms with van der Waals surface area (Å²) in [5.41, 5.74) is 0.726. The molecule has 0 aliphatic carbocycles. The molecular formula is C16H22Cl2N4O3. The molecule has 1 aromatic carbocycles. The summed E-state index contributed by atoms with van der Waals surface area (Å²) in [6.45, 7) is 6.15. The summed E-state index contributed by atoms with van der Waals surface area (Å²) in [6.07, 6.45) is 2.37. The quantitative estimate of drug-likeness (QED) is 0.625. The normalized spacial score (nSPS) is 17.4. The van der Waals surface area contributed by atoms with Gasteiger partial charge in [-0.25, -0.2) is 4.98 Å². The second-order valence-corrected chi connectivity index (χ2v) is 5.76. The van der Waals surface area contributed by atoms with Gasteiger partial charge in [0, 0.05) is 56.3 Å². The average Bonchev–Trinajstić information content (AvgIpc) is 3.03. The van der Waals surface area contributed by atoms with Gasteiger partial charge in [0.25, 0.3) is 5.69 Å². The molecule has 0 saturated carbocycles. The van der Waals surface area contributed by atoms with Crippen molar-refractivity contribution in [1.29, 1.82) is 0 Å². The third-order valence-electron chi connectivity index (χ3n) is 4.15. The molecule has 1 fully saturated rings. The lowest BCUT2D eigenvalue weighted by Gasteiger charge is -2.33. The number of oxazole rings is 1. The average molecular weight is 389 g/mol. The molecule has 1 aromatic heterocycles. The summed E-state index contributed by atoms with van der Waals surface area (Å²) in [5, 5.41) is 14.2. The van der Waals surface area contributed by atoms with Gasteiger partial charge < -0.3 is 9.73 Å². The van der Waals surface area contributed by atoms with Crippen molar-refractivity contribution >= 4 is 30.5 Å². The van der Waals surface area contributed by atoms with Gasteiger partial charge in [0.1, 0.15) is 0 Å². The Morgan fingerprint density at radius 2 is 2.24 bits per heavy atom. The summed E-state index contributed by atoms with van der Waals surface area (Å²) in [5.74, 6) is 1.23. The van der Waals surface area contributed by atoms with E-state index in [1.807, 2.05) is 0 Å². The molecule has 1 aliphatic rings. The minimum absolute atomic E-state index is 0. The summed E-state index contributed by atoms with van der Waals surface area (Å²) < 4.78 is 5.75. The van der Waals surface area contributed by atoms with Crippen LogP contribution in [0.1, 0.15) is 12.8 Å². The molecule has 0 bridgehead atoms. The first-order valence-corrected chi connectivity index (χ1v) is 7.78. The number of halogens is 2. The monoisotopic (exact) mass is 388 g/mol. The van der Waals surface area contributed by atoms with Gasteiger partial charge in [-0.3, -0.25) is 15.0 Å². The minimum atomic E-state index is -0.410. The SMILES string of the molecule is C[C@@H]1CNCCN1CCc1ncc(-c2cccc([N+](=O)[O-])c2)o1.Cl.Cl. The molecule has 1 aliphatic heterocycles. The number of rotatable bonds is 5. The predicted octanol–water partition coefficient (Wildman–Crippen LogP) is 2.93. The fourth-order valence-corrected chi connectivity index (χ4v) is 2.79. The number of hydrogen-bond acceptors (Lipinski definition) is 6. The third kappa shape index (κ3) is 5.40. The first-order valence-electron chi connectivity index (χ1n) is 7.78. The largest absolute Gasteiger partial charge is 0.441 e. The lowest BCUT2D eigenvalue weighted by molar-refractivity contribution is -0.384. The maximum Gasteiger partial charge on any atom is 0.270 e. The lowest BCUT2D eigenvalue weighted by atomic mass is 10.2. The Bertz CT molecular complexity index is 696. The number of hydrogen-bond donors (Lipinski definition) is 1. The molecule has 7 nitrogen and oxygen atoms in total. The summed E-state index contributed by atoms with van der Waals surface area (Å²) in [6, 6.07) is 6.91. The highest BCUT2D eigenvalue weighted by Crippen LogP contribution is 2.24. The molecule has 1 atom stereocenters. The standard InChI is InChI=1S/C16H20N4O3.2ClH/c1-12-10-17-6-8-19(12)7-5-16-18-11-15(23-16)13-3-2-4-14(9-13)20(21)22;;/h2-4,9,11-12,17H,5-8,10H2,1H3;2*1H/t12-;;/m1../s1. The lowest BCUT2D eigenvalue weighted by Crippen LogP contribution is -2.50. The molecular weight excluding hydrogens is 367 g/mol. The highest BCUT2D eigenvalue weighted by Gasteiger charge is 2.18. The van der Waals surface area contributed by atoms with E-state index in [1.54, 1.807) is 18.3 Å². The summed E-state index contributed by atoms with van der Waals surface area (Å²) in [4.78, 5) is 17.1. The van der Waals surface area contributed by atoms with Crippen LogP contribution in [0.2, 0.25) is 0 Å². The van der Waals surface area contributed by atoms with Crippen molar-refractivity contribution in [2.75, 3.05) is 26.2 Å². The van der Waals surface area contributed by atoms with Crippen molar-refractivity contribution < 1.29 is 9.34 Å². The van der Waals surface area contributed by atoms with Crippen LogP contribution in [0.25, 0.3) is 11.3 Å². The fraction of sp³-hybridized carbons (Fsp3) is 0.438. The van der Waals surface area contributed by atoms with E-state index in [4.69, 9.17) is 4.42 Å². The molecule has 3 rings (SSSR count). The van der Waals surface area contributed by atoms with Gasteiger partial charge in [-0.05, 0) is 6.92 Å². The molecule has 2 heterocycles. The minimum Gasteiger partial charge on any atom is -0.441 e. The summed E-state index contributed by atoms with van der Waals surface area (Å²) in [7, 11) is 0. The Balaban J connectivity index is 0.00000156. The second-order valence-electron chi connectivity index (χ2n) is 5.76. The van der Waals surface area contributed by atoms with Crippen molar-refractivity contribution in [3.63, 3.8) is 0 Å². The van der Waals surface area contributed by atoms with Crippen LogP contribution in [0, 0.1) is 10.1 Å². The fourth-order valence-electron chi connectivity index (χ4n) is 2.79. The van der Waals surface area contributed by atoms with Crippen LogP contribution in [0.15, 0.2) is 34.9 Å². The van der Waals surface area contributed by atoms with E-state index in [1.165, 1.54) is 12.1 Å². The highest BCUT2D eigenvalue weighted by atomic mass is 35.5. The molecule has 0 spiro atoms. The molecule has 138 valence electrons. The van der Waals surface area contributed by atoms with Crippen molar-refractivity contribution in [2.45, 2.75) is 19.4 Å². The predicted molar refractivity (Wildman–Crippen MR) is 101 cm³/mol. The molecule has 2 aromatic rings. The maximum atomic E-state index is 10.8. The van der Waals surface area contributed by atoms with Gasteiger partial charge in [-0.15, -0.1) is 24.8 Å². The van der Waals surface area contributed by atoms with E-state index < -0.39 is 4.92 Å². The topological polar surface area (TPSA) is 84.4 Å². The molecule has 0 unspecified atom stereocenters.